The van der Waals surface area contributed by atoms with Gasteiger partial charge in [0.15, 0.2) is 6.67 Å². The van der Waals surface area contributed by atoms with E-state index >= 15 is 0 Å². The van der Waals surface area contributed by atoms with Crippen molar-refractivity contribution in [2.24, 2.45) is 5.92 Å². The van der Waals surface area contributed by atoms with Crippen molar-refractivity contribution >= 4 is 17.0 Å². The van der Waals surface area contributed by atoms with Gasteiger partial charge in [-0.05, 0) is 38.1 Å². The maximum absolute atomic E-state index is 11.2. The molecular weight excluding hydrogens is 312 g/mol. The molecule has 0 spiro atoms. The average molecular weight is 333 g/mol. The highest BCUT2D eigenvalue weighted by molar-refractivity contribution is 7.10. The fraction of sp³-hybridized carbons (Fsp3) is 0.562. The lowest BCUT2D eigenvalue weighted by molar-refractivity contribution is -0.958. The minimum Gasteiger partial charge on any atom is -0.310 e. The summed E-state index contributed by atoms with van der Waals surface area (Å²) >= 11 is 1.87. The first kappa shape index (κ1) is 14.8. The SMILES string of the molecule is Cc1nn(C[NH+]2CCc3sccc3[C@@H]2C2CC2)c(C)c1[N+](=O)[O-]. The van der Waals surface area contributed by atoms with Crippen molar-refractivity contribution in [2.75, 3.05) is 6.54 Å². The van der Waals surface area contributed by atoms with E-state index in [1.54, 1.807) is 6.92 Å². The van der Waals surface area contributed by atoms with Crippen LogP contribution >= 0.6 is 11.3 Å². The van der Waals surface area contributed by atoms with Crippen LogP contribution in [0.1, 0.15) is 40.7 Å². The van der Waals surface area contributed by atoms with Gasteiger partial charge in [0.1, 0.15) is 17.4 Å². The molecule has 0 saturated heterocycles. The van der Waals surface area contributed by atoms with Crippen molar-refractivity contribution in [3.63, 3.8) is 0 Å². The molecule has 1 unspecified atom stereocenters. The van der Waals surface area contributed by atoms with Crippen LogP contribution in [0, 0.1) is 29.9 Å². The van der Waals surface area contributed by atoms with Crippen LogP contribution in [-0.4, -0.2) is 21.2 Å². The van der Waals surface area contributed by atoms with Crippen LogP contribution in [0.4, 0.5) is 5.69 Å². The lowest BCUT2D eigenvalue weighted by atomic mass is 9.96. The first-order chi connectivity index (χ1) is 11.1. The standard InChI is InChI=1S/C16H20N4O2S/c1-10-15(20(21)22)11(2)19(17-10)9-18-7-5-14-13(6-8-23-14)16(18)12-3-4-12/h6,8,12,16H,3-5,7,9H2,1-2H3/p+1/t16-/m0/s1. The second kappa shape index (κ2) is 5.42. The predicted octanol–water partition coefficient (Wildman–Crippen LogP) is 2.02. The first-order valence-electron chi connectivity index (χ1n) is 8.15. The molecule has 2 aliphatic rings. The fourth-order valence-corrected chi connectivity index (χ4v) is 4.90. The van der Waals surface area contributed by atoms with Crippen molar-refractivity contribution in [2.45, 2.75) is 45.8 Å². The Labute approximate surface area is 138 Å². The number of aromatic nitrogens is 2. The van der Waals surface area contributed by atoms with Gasteiger partial charge in [0.05, 0.1) is 11.5 Å². The molecule has 0 amide bonds. The van der Waals surface area contributed by atoms with Crippen molar-refractivity contribution in [1.29, 1.82) is 0 Å². The zero-order valence-electron chi connectivity index (χ0n) is 13.4. The van der Waals surface area contributed by atoms with Gasteiger partial charge in [0, 0.05) is 22.8 Å². The predicted molar refractivity (Wildman–Crippen MR) is 87.7 cm³/mol. The summed E-state index contributed by atoms with van der Waals surface area (Å²) in [5.74, 6) is 0.769. The maximum atomic E-state index is 11.2. The molecule has 6 nitrogen and oxygen atoms in total. The van der Waals surface area contributed by atoms with Gasteiger partial charge in [-0.15, -0.1) is 11.3 Å². The molecule has 122 valence electrons. The Balaban J connectivity index is 1.64. The van der Waals surface area contributed by atoms with Crippen LogP contribution in [0.25, 0.3) is 0 Å². The molecule has 1 saturated carbocycles. The number of thiophene rings is 1. The summed E-state index contributed by atoms with van der Waals surface area (Å²) in [6.07, 6.45) is 3.72. The fourth-order valence-electron chi connectivity index (χ4n) is 3.97. The summed E-state index contributed by atoms with van der Waals surface area (Å²) in [4.78, 5) is 13.9. The van der Waals surface area contributed by atoms with Crippen molar-refractivity contribution in [3.8, 4) is 0 Å². The Hall–Kier alpha value is -1.73. The van der Waals surface area contributed by atoms with Gasteiger partial charge in [0.25, 0.3) is 0 Å². The van der Waals surface area contributed by atoms with Gasteiger partial charge >= 0.3 is 5.69 Å². The van der Waals surface area contributed by atoms with Gasteiger partial charge in [0.2, 0.25) is 0 Å². The lowest BCUT2D eigenvalue weighted by Gasteiger charge is -2.33. The minimum atomic E-state index is -0.310. The van der Waals surface area contributed by atoms with Gasteiger partial charge < -0.3 is 4.90 Å². The molecule has 1 N–H and O–H groups in total. The molecule has 2 atom stereocenters. The van der Waals surface area contributed by atoms with Crippen LogP contribution in [-0.2, 0) is 13.1 Å². The second-order valence-corrected chi connectivity index (χ2v) is 7.71. The van der Waals surface area contributed by atoms with Gasteiger partial charge in [-0.25, -0.2) is 4.68 Å². The lowest BCUT2D eigenvalue weighted by Crippen LogP contribution is -3.13. The molecule has 0 bridgehead atoms. The molecule has 0 radical (unpaired) electrons. The average Bonchev–Trinajstić information content (AvgIpc) is 3.14. The summed E-state index contributed by atoms with van der Waals surface area (Å²) in [6, 6.07) is 2.82. The number of nitro groups is 1. The number of hydrogen-bond acceptors (Lipinski definition) is 4. The summed E-state index contributed by atoms with van der Waals surface area (Å²) in [5.41, 5.74) is 2.86. The second-order valence-electron chi connectivity index (χ2n) is 6.71. The monoisotopic (exact) mass is 333 g/mol. The van der Waals surface area contributed by atoms with E-state index in [9.17, 15) is 10.1 Å². The number of nitrogens with zero attached hydrogens (tertiary/aromatic N) is 3. The third-order valence-electron chi connectivity index (χ3n) is 5.20. The summed E-state index contributed by atoms with van der Waals surface area (Å²) in [7, 11) is 0. The van der Waals surface area contributed by atoms with Gasteiger partial charge in [-0.3, -0.25) is 10.1 Å². The number of aryl methyl sites for hydroxylation is 1. The van der Waals surface area contributed by atoms with Crippen molar-refractivity contribution in [3.05, 3.63) is 43.4 Å². The van der Waals surface area contributed by atoms with E-state index in [-0.39, 0.29) is 10.6 Å². The molecule has 3 heterocycles. The third kappa shape index (κ3) is 2.48. The van der Waals surface area contributed by atoms with E-state index in [0.717, 1.165) is 25.6 Å². The van der Waals surface area contributed by atoms with E-state index in [1.807, 2.05) is 22.9 Å². The molecule has 23 heavy (non-hydrogen) atoms. The van der Waals surface area contributed by atoms with Crippen LogP contribution in [0.3, 0.4) is 0 Å². The molecule has 1 fully saturated rings. The number of rotatable bonds is 4. The molecule has 1 aliphatic carbocycles. The van der Waals surface area contributed by atoms with Gasteiger partial charge in [-0.1, -0.05) is 0 Å². The van der Waals surface area contributed by atoms with Crippen LogP contribution in [0.15, 0.2) is 11.4 Å². The summed E-state index contributed by atoms with van der Waals surface area (Å²) in [5, 5.41) is 17.9. The molecule has 2 aromatic heterocycles. The molecular formula is C16H21N4O2S+. The largest absolute Gasteiger partial charge is 0.312 e. The van der Waals surface area contributed by atoms with E-state index < -0.39 is 0 Å². The smallest absolute Gasteiger partial charge is 0.310 e. The highest BCUT2D eigenvalue weighted by Gasteiger charge is 2.43. The third-order valence-corrected chi connectivity index (χ3v) is 6.20. The zero-order chi connectivity index (χ0) is 16.1. The number of fused-ring (bicyclic) bond motifs is 1. The Morgan fingerprint density at radius 3 is 2.91 bits per heavy atom. The minimum absolute atomic E-state index is 0.167. The van der Waals surface area contributed by atoms with E-state index in [0.29, 0.717) is 17.4 Å². The molecule has 1 aliphatic heterocycles. The molecule has 2 aromatic rings. The number of quaternary nitrogens is 1. The maximum Gasteiger partial charge on any atom is 0.312 e. The Morgan fingerprint density at radius 1 is 1.48 bits per heavy atom. The summed E-state index contributed by atoms with van der Waals surface area (Å²) in [6.45, 7) is 5.34. The first-order valence-corrected chi connectivity index (χ1v) is 9.03. The molecule has 0 aromatic carbocycles. The Bertz CT molecular complexity index is 762. The highest BCUT2D eigenvalue weighted by atomic mass is 32.1. The topological polar surface area (TPSA) is 65.4 Å². The van der Waals surface area contributed by atoms with Gasteiger partial charge in [-0.2, -0.15) is 5.10 Å². The van der Waals surface area contributed by atoms with Crippen LogP contribution in [0.5, 0.6) is 0 Å². The Kier molecular flexibility index (Phi) is 3.50. The van der Waals surface area contributed by atoms with E-state index in [2.05, 4.69) is 16.5 Å². The van der Waals surface area contributed by atoms with Crippen LogP contribution in [0.2, 0.25) is 0 Å². The Morgan fingerprint density at radius 2 is 2.26 bits per heavy atom. The normalized spacial score (nSPS) is 23.7. The van der Waals surface area contributed by atoms with E-state index in [4.69, 9.17) is 0 Å². The molecule has 4 rings (SSSR count). The number of nitrogens with one attached hydrogen (secondary N) is 1. The quantitative estimate of drug-likeness (QED) is 0.688. The zero-order valence-corrected chi connectivity index (χ0v) is 14.2. The number of hydrogen-bond donors (Lipinski definition) is 1. The van der Waals surface area contributed by atoms with Crippen molar-refractivity contribution in [1.82, 2.24) is 9.78 Å². The van der Waals surface area contributed by atoms with Crippen LogP contribution < -0.4 is 4.90 Å². The summed E-state index contributed by atoms with van der Waals surface area (Å²) < 4.78 is 1.84. The molecule has 7 heteroatoms. The van der Waals surface area contributed by atoms with Crippen molar-refractivity contribution < 1.29 is 9.82 Å². The van der Waals surface area contributed by atoms with E-state index in [1.165, 1.54) is 28.2 Å². The highest BCUT2D eigenvalue weighted by Crippen LogP contribution is 2.42.